The van der Waals surface area contributed by atoms with Crippen molar-refractivity contribution in [1.82, 2.24) is 0 Å². The molecular formula is C15H12N2O4. The molecule has 6 nitrogen and oxygen atoms in total. The molecule has 6 heteroatoms. The number of methoxy groups -OCH3 is 2. The summed E-state index contributed by atoms with van der Waals surface area (Å²) in [6.07, 6.45) is 0. The Morgan fingerprint density at radius 3 is 2.43 bits per heavy atom. The Labute approximate surface area is 121 Å². The van der Waals surface area contributed by atoms with Crippen LogP contribution in [-0.2, 0) is 0 Å². The van der Waals surface area contributed by atoms with Gasteiger partial charge >= 0.3 is 0 Å². The molecule has 2 aromatic rings. The number of rotatable bonds is 4. The standard InChI is InChI=1S/C15H12N2O4/c1-20-12-4-6-15(21-2)14(8-12)13-5-3-11(17(18)19)7-10(13)9-16/h3-8H,1-2H3. The van der Waals surface area contributed by atoms with Crippen molar-refractivity contribution in [3.05, 3.63) is 52.1 Å². The van der Waals surface area contributed by atoms with Gasteiger partial charge in [0.25, 0.3) is 5.69 Å². The van der Waals surface area contributed by atoms with Crippen molar-refractivity contribution in [2.75, 3.05) is 14.2 Å². The van der Waals surface area contributed by atoms with Crippen molar-refractivity contribution in [3.63, 3.8) is 0 Å². The molecule has 0 bridgehead atoms. The third-order valence-electron chi connectivity index (χ3n) is 3.03. The van der Waals surface area contributed by atoms with E-state index < -0.39 is 4.92 Å². The maximum Gasteiger partial charge on any atom is 0.270 e. The van der Waals surface area contributed by atoms with E-state index in [-0.39, 0.29) is 11.3 Å². The van der Waals surface area contributed by atoms with E-state index in [9.17, 15) is 15.4 Å². The fraction of sp³-hybridized carbons (Fsp3) is 0.133. The zero-order valence-electron chi connectivity index (χ0n) is 11.5. The number of hydrogen-bond acceptors (Lipinski definition) is 5. The van der Waals surface area contributed by atoms with Crippen molar-refractivity contribution >= 4 is 5.69 Å². The van der Waals surface area contributed by atoms with E-state index in [1.165, 1.54) is 32.4 Å². The summed E-state index contributed by atoms with van der Waals surface area (Å²) in [5.41, 5.74) is 1.27. The summed E-state index contributed by atoms with van der Waals surface area (Å²) in [5.74, 6) is 1.16. The van der Waals surface area contributed by atoms with Crippen LogP contribution in [0.4, 0.5) is 5.69 Å². The van der Waals surface area contributed by atoms with Crippen LogP contribution < -0.4 is 9.47 Å². The Hall–Kier alpha value is -3.07. The highest BCUT2D eigenvalue weighted by Crippen LogP contribution is 2.36. The van der Waals surface area contributed by atoms with E-state index in [0.29, 0.717) is 22.6 Å². The SMILES string of the molecule is COc1ccc(OC)c(-c2ccc([N+](=O)[O-])cc2C#N)c1. The Kier molecular flexibility index (Phi) is 4.05. The van der Waals surface area contributed by atoms with Crippen LogP contribution in [0, 0.1) is 21.4 Å². The van der Waals surface area contributed by atoms with Gasteiger partial charge in [0.2, 0.25) is 0 Å². The van der Waals surface area contributed by atoms with Crippen LogP contribution in [0.25, 0.3) is 11.1 Å². The molecule has 0 N–H and O–H groups in total. The van der Waals surface area contributed by atoms with Gasteiger partial charge in [-0.1, -0.05) is 0 Å². The maximum absolute atomic E-state index is 10.8. The average Bonchev–Trinajstić information content (AvgIpc) is 2.53. The first kappa shape index (κ1) is 14.3. The summed E-state index contributed by atoms with van der Waals surface area (Å²) >= 11 is 0. The van der Waals surface area contributed by atoms with Crippen molar-refractivity contribution in [3.8, 4) is 28.7 Å². The molecule has 0 saturated heterocycles. The molecule has 2 rings (SSSR count). The molecule has 106 valence electrons. The number of nitro groups is 1. The highest BCUT2D eigenvalue weighted by atomic mass is 16.6. The summed E-state index contributed by atoms with van der Waals surface area (Å²) in [6, 6.07) is 11.3. The second-order valence-electron chi connectivity index (χ2n) is 4.17. The van der Waals surface area contributed by atoms with Crippen LogP contribution in [0.15, 0.2) is 36.4 Å². The van der Waals surface area contributed by atoms with Gasteiger partial charge in [-0.25, -0.2) is 0 Å². The Morgan fingerprint density at radius 2 is 1.86 bits per heavy atom. The molecule has 0 saturated carbocycles. The molecule has 0 radical (unpaired) electrons. The molecule has 0 amide bonds. The molecule has 0 spiro atoms. The van der Waals surface area contributed by atoms with Crippen LogP contribution in [0.5, 0.6) is 11.5 Å². The minimum absolute atomic E-state index is 0.128. The van der Waals surface area contributed by atoms with Gasteiger partial charge in [0, 0.05) is 23.3 Å². The molecule has 0 aliphatic heterocycles. The monoisotopic (exact) mass is 284 g/mol. The van der Waals surface area contributed by atoms with Crippen LogP contribution >= 0.6 is 0 Å². The molecule has 0 aromatic heterocycles. The summed E-state index contributed by atoms with van der Waals surface area (Å²) in [7, 11) is 3.05. The normalized spacial score (nSPS) is 9.76. The summed E-state index contributed by atoms with van der Waals surface area (Å²) in [4.78, 5) is 10.3. The van der Waals surface area contributed by atoms with Gasteiger partial charge in [-0.3, -0.25) is 10.1 Å². The molecule has 0 aliphatic rings. The zero-order chi connectivity index (χ0) is 15.4. The summed E-state index contributed by atoms with van der Waals surface area (Å²) < 4.78 is 10.4. The van der Waals surface area contributed by atoms with Gasteiger partial charge in [-0.05, 0) is 24.3 Å². The van der Waals surface area contributed by atoms with Crippen molar-refractivity contribution in [2.24, 2.45) is 0 Å². The fourth-order valence-corrected chi connectivity index (χ4v) is 2.00. The zero-order valence-corrected chi connectivity index (χ0v) is 11.5. The first-order chi connectivity index (χ1) is 10.1. The predicted molar refractivity (Wildman–Crippen MR) is 76.4 cm³/mol. The number of ether oxygens (including phenoxy) is 2. The highest BCUT2D eigenvalue weighted by Gasteiger charge is 2.15. The summed E-state index contributed by atoms with van der Waals surface area (Å²) in [6.45, 7) is 0. The summed E-state index contributed by atoms with van der Waals surface area (Å²) in [5, 5.41) is 20.0. The topological polar surface area (TPSA) is 85.4 Å². The average molecular weight is 284 g/mol. The minimum atomic E-state index is -0.534. The van der Waals surface area contributed by atoms with Crippen LogP contribution in [-0.4, -0.2) is 19.1 Å². The second kappa shape index (κ2) is 5.92. The van der Waals surface area contributed by atoms with Crippen LogP contribution in [0.1, 0.15) is 5.56 Å². The quantitative estimate of drug-likeness (QED) is 0.636. The number of nitriles is 1. The molecule has 0 fully saturated rings. The highest BCUT2D eigenvalue weighted by molar-refractivity contribution is 5.78. The lowest BCUT2D eigenvalue weighted by Crippen LogP contribution is -1.94. The van der Waals surface area contributed by atoms with E-state index >= 15 is 0 Å². The Morgan fingerprint density at radius 1 is 1.10 bits per heavy atom. The van der Waals surface area contributed by atoms with E-state index in [1.807, 2.05) is 6.07 Å². The molecule has 0 aliphatic carbocycles. The third kappa shape index (κ3) is 2.77. The van der Waals surface area contributed by atoms with E-state index in [4.69, 9.17) is 9.47 Å². The van der Waals surface area contributed by atoms with Gasteiger partial charge in [0.1, 0.15) is 17.6 Å². The molecule has 0 heterocycles. The predicted octanol–water partition coefficient (Wildman–Crippen LogP) is 3.15. The number of benzene rings is 2. The molecule has 2 aromatic carbocycles. The molecular weight excluding hydrogens is 272 g/mol. The number of nitrogens with zero attached hydrogens (tertiary/aromatic N) is 2. The molecule has 0 unspecified atom stereocenters. The lowest BCUT2D eigenvalue weighted by atomic mass is 9.98. The Balaban J connectivity index is 2.66. The Bertz CT molecular complexity index is 735. The lowest BCUT2D eigenvalue weighted by Gasteiger charge is -2.11. The minimum Gasteiger partial charge on any atom is -0.497 e. The third-order valence-corrected chi connectivity index (χ3v) is 3.03. The van der Waals surface area contributed by atoms with Crippen molar-refractivity contribution in [2.45, 2.75) is 0 Å². The van der Waals surface area contributed by atoms with Crippen LogP contribution in [0.2, 0.25) is 0 Å². The largest absolute Gasteiger partial charge is 0.497 e. The number of non-ortho nitro benzene ring substituents is 1. The molecule has 21 heavy (non-hydrogen) atoms. The van der Waals surface area contributed by atoms with Crippen molar-refractivity contribution < 1.29 is 14.4 Å². The number of nitro benzene ring substituents is 1. The maximum atomic E-state index is 10.8. The van der Waals surface area contributed by atoms with Gasteiger partial charge in [-0.2, -0.15) is 5.26 Å². The van der Waals surface area contributed by atoms with Gasteiger partial charge in [0.15, 0.2) is 0 Å². The van der Waals surface area contributed by atoms with Gasteiger partial charge < -0.3 is 9.47 Å². The van der Waals surface area contributed by atoms with E-state index in [0.717, 1.165) is 0 Å². The second-order valence-corrected chi connectivity index (χ2v) is 4.17. The van der Waals surface area contributed by atoms with Crippen LogP contribution in [0.3, 0.4) is 0 Å². The smallest absolute Gasteiger partial charge is 0.270 e. The lowest BCUT2D eigenvalue weighted by molar-refractivity contribution is -0.384. The van der Waals surface area contributed by atoms with Gasteiger partial charge in [0.05, 0.1) is 24.7 Å². The van der Waals surface area contributed by atoms with Crippen molar-refractivity contribution in [1.29, 1.82) is 5.26 Å². The first-order valence-corrected chi connectivity index (χ1v) is 6.01. The first-order valence-electron chi connectivity index (χ1n) is 6.01. The fourth-order valence-electron chi connectivity index (χ4n) is 2.00. The molecule has 0 atom stereocenters. The van der Waals surface area contributed by atoms with E-state index in [2.05, 4.69) is 0 Å². The van der Waals surface area contributed by atoms with Gasteiger partial charge in [-0.15, -0.1) is 0 Å². The van der Waals surface area contributed by atoms with E-state index in [1.54, 1.807) is 18.2 Å². The number of hydrogen-bond donors (Lipinski definition) is 0.